The number of aromatic carboxylic acids is 1. The van der Waals surface area contributed by atoms with Gasteiger partial charge in [-0.2, -0.15) is 13.2 Å². The standard InChI is InChI=1S/C20H21F3N2O3.BrH/c21-20(22,23)15-4-3-5-16(14-15)25-10-8-24(9-11-25)12-13-28-18-7-2-1-6-17(18)19(26)27;/h1-7,14H,8-13H2,(H,26,27);1H. The molecule has 0 bridgehead atoms. The zero-order chi connectivity index (χ0) is 20.1. The SMILES string of the molecule is Br.O=C(O)c1ccccc1OCCN1CCN(c2cccc(C(F)(F)F)c2)CC1. The molecule has 1 saturated heterocycles. The second-order valence-electron chi connectivity index (χ2n) is 6.53. The molecule has 0 spiro atoms. The predicted octanol–water partition coefficient (Wildman–Crippen LogP) is 4.18. The molecular weight excluding hydrogens is 453 g/mol. The third kappa shape index (κ3) is 6.11. The number of hydrogen-bond acceptors (Lipinski definition) is 4. The fraction of sp³-hybridized carbons (Fsp3) is 0.350. The Kier molecular flexibility index (Phi) is 7.92. The van der Waals surface area contributed by atoms with Crippen LogP contribution in [-0.2, 0) is 6.18 Å². The van der Waals surface area contributed by atoms with E-state index in [1.165, 1.54) is 18.2 Å². The van der Waals surface area contributed by atoms with Gasteiger partial charge < -0.3 is 14.7 Å². The number of halogens is 4. The zero-order valence-electron chi connectivity index (χ0n) is 15.6. The maximum absolute atomic E-state index is 12.9. The summed E-state index contributed by atoms with van der Waals surface area (Å²) in [6.45, 7) is 3.58. The van der Waals surface area contributed by atoms with E-state index in [9.17, 15) is 18.0 Å². The molecule has 1 N–H and O–H groups in total. The van der Waals surface area contributed by atoms with Crippen LogP contribution < -0.4 is 9.64 Å². The number of nitrogens with zero attached hydrogens (tertiary/aromatic N) is 2. The van der Waals surface area contributed by atoms with Crippen LogP contribution in [0.1, 0.15) is 15.9 Å². The molecule has 2 aromatic carbocycles. The van der Waals surface area contributed by atoms with E-state index in [-0.39, 0.29) is 22.5 Å². The average Bonchev–Trinajstić information content (AvgIpc) is 2.68. The van der Waals surface area contributed by atoms with Crippen LogP contribution in [-0.4, -0.2) is 55.3 Å². The molecule has 158 valence electrons. The highest BCUT2D eigenvalue weighted by Crippen LogP contribution is 2.31. The van der Waals surface area contributed by atoms with E-state index < -0.39 is 17.7 Å². The van der Waals surface area contributed by atoms with Crippen LogP contribution in [0.25, 0.3) is 0 Å². The quantitative estimate of drug-likeness (QED) is 0.680. The number of carbonyl (C=O) groups is 1. The van der Waals surface area contributed by atoms with Crippen LogP contribution in [0.15, 0.2) is 48.5 Å². The van der Waals surface area contributed by atoms with Crippen molar-refractivity contribution in [2.45, 2.75) is 6.18 Å². The second-order valence-corrected chi connectivity index (χ2v) is 6.53. The summed E-state index contributed by atoms with van der Waals surface area (Å²) in [5.74, 6) is -0.706. The number of para-hydroxylation sites is 1. The summed E-state index contributed by atoms with van der Waals surface area (Å²) in [4.78, 5) is 15.3. The summed E-state index contributed by atoms with van der Waals surface area (Å²) in [7, 11) is 0. The first-order valence-corrected chi connectivity index (χ1v) is 8.94. The van der Waals surface area contributed by atoms with Crippen LogP contribution in [0.5, 0.6) is 5.75 Å². The molecule has 29 heavy (non-hydrogen) atoms. The number of carboxylic acids is 1. The third-order valence-corrected chi connectivity index (χ3v) is 4.69. The number of anilines is 1. The summed E-state index contributed by atoms with van der Waals surface area (Å²) in [5.41, 5.74) is 0.0518. The molecule has 0 aromatic heterocycles. The molecule has 3 rings (SSSR count). The van der Waals surface area contributed by atoms with Crippen molar-refractivity contribution in [2.24, 2.45) is 0 Å². The fourth-order valence-corrected chi connectivity index (χ4v) is 3.16. The number of carboxylic acid groups (broad SMARTS) is 1. The van der Waals surface area contributed by atoms with E-state index in [4.69, 9.17) is 9.84 Å². The highest BCUT2D eigenvalue weighted by atomic mass is 79.9. The largest absolute Gasteiger partial charge is 0.491 e. The van der Waals surface area contributed by atoms with Crippen LogP contribution >= 0.6 is 17.0 Å². The maximum atomic E-state index is 12.9. The number of hydrogen-bond donors (Lipinski definition) is 1. The Morgan fingerprint density at radius 1 is 1.03 bits per heavy atom. The monoisotopic (exact) mass is 474 g/mol. The van der Waals surface area contributed by atoms with E-state index in [0.717, 1.165) is 6.07 Å². The number of benzene rings is 2. The number of ether oxygens (including phenoxy) is 1. The van der Waals surface area contributed by atoms with E-state index in [0.29, 0.717) is 50.8 Å². The van der Waals surface area contributed by atoms with Crippen LogP contribution in [0, 0.1) is 0 Å². The van der Waals surface area contributed by atoms with Crippen molar-refractivity contribution in [1.82, 2.24) is 4.90 Å². The third-order valence-electron chi connectivity index (χ3n) is 4.69. The molecule has 0 amide bonds. The Morgan fingerprint density at radius 3 is 2.38 bits per heavy atom. The maximum Gasteiger partial charge on any atom is 0.416 e. The molecule has 1 fully saturated rings. The smallest absolute Gasteiger partial charge is 0.416 e. The van der Waals surface area contributed by atoms with Gasteiger partial charge >= 0.3 is 12.1 Å². The van der Waals surface area contributed by atoms with E-state index in [1.54, 1.807) is 24.3 Å². The Balaban J connectivity index is 0.00000300. The lowest BCUT2D eigenvalue weighted by molar-refractivity contribution is -0.137. The van der Waals surface area contributed by atoms with Gasteiger partial charge in [-0.25, -0.2) is 4.79 Å². The lowest BCUT2D eigenvalue weighted by atomic mass is 10.1. The highest BCUT2D eigenvalue weighted by molar-refractivity contribution is 8.93. The first kappa shape index (κ1) is 23.0. The van der Waals surface area contributed by atoms with Crippen molar-refractivity contribution >= 4 is 28.6 Å². The Bertz CT molecular complexity index is 825. The number of alkyl halides is 3. The molecule has 0 radical (unpaired) electrons. The number of piperazine rings is 1. The normalized spacial score (nSPS) is 14.9. The predicted molar refractivity (Wildman–Crippen MR) is 109 cm³/mol. The number of rotatable bonds is 6. The van der Waals surface area contributed by atoms with Crippen molar-refractivity contribution in [3.63, 3.8) is 0 Å². The molecule has 0 aliphatic carbocycles. The molecule has 1 aliphatic heterocycles. The van der Waals surface area contributed by atoms with Crippen molar-refractivity contribution in [3.05, 3.63) is 59.7 Å². The summed E-state index contributed by atoms with van der Waals surface area (Å²) in [6, 6.07) is 11.8. The van der Waals surface area contributed by atoms with Gasteiger partial charge in [-0.3, -0.25) is 4.90 Å². The topological polar surface area (TPSA) is 53.0 Å². The van der Waals surface area contributed by atoms with Gasteiger partial charge in [0.15, 0.2) is 0 Å². The first-order chi connectivity index (χ1) is 13.3. The van der Waals surface area contributed by atoms with Gasteiger partial charge in [-0.05, 0) is 30.3 Å². The molecule has 0 unspecified atom stereocenters. The lowest BCUT2D eigenvalue weighted by Crippen LogP contribution is -2.47. The highest BCUT2D eigenvalue weighted by Gasteiger charge is 2.31. The summed E-state index contributed by atoms with van der Waals surface area (Å²) < 4.78 is 44.2. The molecule has 0 atom stereocenters. The molecule has 5 nitrogen and oxygen atoms in total. The second kappa shape index (κ2) is 9.98. The summed E-state index contributed by atoms with van der Waals surface area (Å²) >= 11 is 0. The minimum atomic E-state index is -4.35. The van der Waals surface area contributed by atoms with Gasteiger partial charge in [0.2, 0.25) is 0 Å². The Hall–Kier alpha value is -2.26. The van der Waals surface area contributed by atoms with Gasteiger partial charge in [-0.1, -0.05) is 18.2 Å². The van der Waals surface area contributed by atoms with Gasteiger partial charge in [-0.15, -0.1) is 17.0 Å². The van der Waals surface area contributed by atoms with Crippen LogP contribution in [0.4, 0.5) is 18.9 Å². The fourth-order valence-electron chi connectivity index (χ4n) is 3.16. The van der Waals surface area contributed by atoms with Gasteiger partial charge in [0, 0.05) is 38.4 Å². The van der Waals surface area contributed by atoms with Crippen molar-refractivity contribution in [3.8, 4) is 5.75 Å². The minimum absolute atomic E-state index is 0. The van der Waals surface area contributed by atoms with Gasteiger partial charge in [0.25, 0.3) is 0 Å². The summed E-state index contributed by atoms with van der Waals surface area (Å²) in [6.07, 6.45) is -4.35. The molecule has 1 aliphatic rings. The van der Waals surface area contributed by atoms with Crippen molar-refractivity contribution < 1.29 is 27.8 Å². The van der Waals surface area contributed by atoms with Crippen molar-refractivity contribution in [2.75, 3.05) is 44.2 Å². The van der Waals surface area contributed by atoms with E-state index in [1.807, 2.05) is 4.90 Å². The van der Waals surface area contributed by atoms with E-state index >= 15 is 0 Å². The van der Waals surface area contributed by atoms with Gasteiger partial charge in [0.05, 0.1) is 5.56 Å². The van der Waals surface area contributed by atoms with E-state index in [2.05, 4.69) is 4.90 Å². The average molecular weight is 475 g/mol. The van der Waals surface area contributed by atoms with Crippen molar-refractivity contribution in [1.29, 1.82) is 0 Å². The first-order valence-electron chi connectivity index (χ1n) is 8.94. The summed E-state index contributed by atoms with van der Waals surface area (Å²) in [5, 5.41) is 9.15. The Morgan fingerprint density at radius 2 is 1.72 bits per heavy atom. The van der Waals surface area contributed by atoms with Gasteiger partial charge in [0.1, 0.15) is 17.9 Å². The van der Waals surface area contributed by atoms with Crippen LogP contribution in [0.2, 0.25) is 0 Å². The Labute approximate surface area is 177 Å². The lowest BCUT2D eigenvalue weighted by Gasteiger charge is -2.36. The van der Waals surface area contributed by atoms with Crippen LogP contribution in [0.3, 0.4) is 0 Å². The molecule has 9 heteroatoms. The zero-order valence-corrected chi connectivity index (χ0v) is 17.3. The molecular formula is C20H22BrF3N2O3. The molecule has 2 aromatic rings. The molecule has 1 heterocycles. The minimum Gasteiger partial charge on any atom is -0.491 e. The molecule has 0 saturated carbocycles.